The summed E-state index contributed by atoms with van der Waals surface area (Å²) >= 11 is 2.09. The summed E-state index contributed by atoms with van der Waals surface area (Å²) in [6.45, 7) is 10.9. The van der Waals surface area contributed by atoms with Crippen LogP contribution in [0.3, 0.4) is 0 Å². The number of guanidine groups is 1. The van der Waals surface area contributed by atoms with Gasteiger partial charge in [0.25, 0.3) is 0 Å². The smallest absolute Gasteiger partial charge is 0.220 e. The number of aliphatic imine (C=N–C) groups is 1. The second-order valence-electron chi connectivity index (χ2n) is 7.80. The third kappa shape index (κ3) is 6.65. The number of nitrogens with zero attached hydrogens (tertiary/aromatic N) is 3. The van der Waals surface area contributed by atoms with Crippen molar-refractivity contribution in [3.8, 4) is 0 Å². The molecule has 1 amide bonds. The molecule has 1 atom stereocenters. The summed E-state index contributed by atoms with van der Waals surface area (Å²) in [6, 6.07) is 0. The number of likely N-dealkylation sites (tertiary alicyclic amines) is 1. The zero-order chi connectivity index (χ0) is 18.9. The van der Waals surface area contributed by atoms with Crippen molar-refractivity contribution in [2.45, 2.75) is 44.8 Å². The summed E-state index contributed by atoms with van der Waals surface area (Å²) in [7, 11) is 1.89. The molecule has 2 aliphatic heterocycles. The second kappa shape index (κ2) is 11.0. The Kier molecular flexibility index (Phi) is 9.05. The fourth-order valence-electron chi connectivity index (χ4n) is 3.71. The van der Waals surface area contributed by atoms with Crippen molar-refractivity contribution >= 4 is 23.6 Å². The Labute approximate surface area is 163 Å². The van der Waals surface area contributed by atoms with E-state index in [1.165, 1.54) is 12.2 Å². The Hall–Kier alpha value is -0.950. The zero-order valence-electron chi connectivity index (χ0n) is 16.7. The highest BCUT2D eigenvalue weighted by Gasteiger charge is 2.25. The molecular formula is C19H37N5OS. The molecule has 0 spiro atoms. The molecule has 0 bridgehead atoms. The average molecular weight is 384 g/mol. The van der Waals surface area contributed by atoms with Crippen LogP contribution in [-0.2, 0) is 4.79 Å². The van der Waals surface area contributed by atoms with E-state index in [-0.39, 0.29) is 11.8 Å². The predicted molar refractivity (Wildman–Crippen MR) is 112 cm³/mol. The molecule has 26 heavy (non-hydrogen) atoms. The van der Waals surface area contributed by atoms with Gasteiger partial charge in [-0.3, -0.25) is 9.79 Å². The highest BCUT2D eigenvalue weighted by atomic mass is 32.2. The molecule has 2 saturated heterocycles. The van der Waals surface area contributed by atoms with Gasteiger partial charge in [-0.1, -0.05) is 13.8 Å². The van der Waals surface area contributed by atoms with E-state index < -0.39 is 0 Å². The van der Waals surface area contributed by atoms with E-state index in [2.05, 4.69) is 45.7 Å². The summed E-state index contributed by atoms with van der Waals surface area (Å²) in [4.78, 5) is 20.6. The topological polar surface area (TPSA) is 74.0 Å². The maximum Gasteiger partial charge on any atom is 0.220 e. The lowest BCUT2D eigenvalue weighted by molar-refractivity contribution is -0.123. The van der Waals surface area contributed by atoms with Crippen molar-refractivity contribution in [3.05, 3.63) is 0 Å². The summed E-state index contributed by atoms with van der Waals surface area (Å²) in [6.07, 6.45) is 4.16. The Morgan fingerprint density at radius 1 is 1.27 bits per heavy atom. The van der Waals surface area contributed by atoms with Crippen molar-refractivity contribution in [2.75, 3.05) is 52.1 Å². The molecule has 0 aliphatic carbocycles. The lowest BCUT2D eigenvalue weighted by Gasteiger charge is -2.36. The average Bonchev–Trinajstić information content (AvgIpc) is 2.65. The Balaban J connectivity index is 1.60. The van der Waals surface area contributed by atoms with Crippen LogP contribution in [0.15, 0.2) is 4.99 Å². The zero-order valence-corrected chi connectivity index (χ0v) is 17.6. The minimum Gasteiger partial charge on any atom is -0.369 e. The van der Waals surface area contributed by atoms with Crippen LogP contribution in [0.2, 0.25) is 0 Å². The highest BCUT2D eigenvalue weighted by Crippen LogP contribution is 2.24. The van der Waals surface area contributed by atoms with Gasteiger partial charge in [0.05, 0.1) is 0 Å². The van der Waals surface area contributed by atoms with E-state index in [0.717, 1.165) is 64.5 Å². The number of hydrogen-bond donors (Lipinski definition) is 2. The third-order valence-electron chi connectivity index (χ3n) is 5.52. The Morgan fingerprint density at radius 2 is 2.00 bits per heavy atom. The summed E-state index contributed by atoms with van der Waals surface area (Å²) < 4.78 is 0. The Morgan fingerprint density at radius 3 is 2.62 bits per heavy atom. The summed E-state index contributed by atoms with van der Waals surface area (Å²) in [5.41, 5.74) is 5.40. The van der Waals surface area contributed by atoms with Gasteiger partial charge < -0.3 is 20.9 Å². The van der Waals surface area contributed by atoms with Crippen molar-refractivity contribution in [2.24, 2.45) is 22.6 Å². The van der Waals surface area contributed by atoms with E-state index in [1.54, 1.807) is 0 Å². The fourth-order valence-corrected chi connectivity index (χ4v) is 5.00. The first-order valence-electron chi connectivity index (χ1n) is 10.1. The molecule has 2 fully saturated rings. The van der Waals surface area contributed by atoms with Crippen LogP contribution in [0.25, 0.3) is 0 Å². The van der Waals surface area contributed by atoms with Crippen LogP contribution >= 0.6 is 11.8 Å². The molecule has 0 aromatic carbocycles. The molecule has 0 radical (unpaired) electrons. The highest BCUT2D eigenvalue weighted by molar-refractivity contribution is 8.00. The van der Waals surface area contributed by atoms with Gasteiger partial charge in [-0.2, -0.15) is 11.8 Å². The molecule has 2 heterocycles. The molecule has 6 nitrogen and oxygen atoms in total. The molecule has 7 heteroatoms. The number of nitrogens with one attached hydrogen (secondary N) is 1. The number of hydrogen-bond acceptors (Lipinski definition) is 4. The number of unbranched alkanes of at least 4 members (excludes halogenated alkanes) is 1. The number of amides is 1. The number of thioether (sulfide) groups is 1. The molecule has 150 valence electrons. The van der Waals surface area contributed by atoms with E-state index in [0.29, 0.717) is 11.2 Å². The number of primary amides is 1. The van der Waals surface area contributed by atoms with Crippen LogP contribution in [-0.4, -0.2) is 79.0 Å². The van der Waals surface area contributed by atoms with Crippen LogP contribution in [0.1, 0.15) is 39.5 Å². The monoisotopic (exact) mass is 383 g/mol. The SMILES string of the molecule is CN=C(NCCCCN1CCC(C(N)=O)CC1)N1CCSC(C(C)C)C1. The Bertz CT molecular complexity index is 463. The third-order valence-corrected chi connectivity index (χ3v) is 7.06. The number of rotatable bonds is 7. The molecular weight excluding hydrogens is 346 g/mol. The molecule has 0 aromatic heterocycles. The van der Waals surface area contributed by atoms with Gasteiger partial charge in [-0.05, 0) is 51.2 Å². The van der Waals surface area contributed by atoms with Crippen LogP contribution in [0, 0.1) is 11.8 Å². The van der Waals surface area contributed by atoms with E-state index >= 15 is 0 Å². The fraction of sp³-hybridized carbons (Fsp3) is 0.895. The van der Waals surface area contributed by atoms with Crippen molar-refractivity contribution in [1.29, 1.82) is 0 Å². The first-order chi connectivity index (χ1) is 12.5. The molecule has 0 aromatic rings. The first kappa shape index (κ1) is 21.4. The van der Waals surface area contributed by atoms with Gasteiger partial charge >= 0.3 is 0 Å². The summed E-state index contributed by atoms with van der Waals surface area (Å²) in [5.74, 6) is 2.91. The number of carbonyl (C=O) groups excluding carboxylic acids is 1. The number of carbonyl (C=O) groups is 1. The van der Waals surface area contributed by atoms with E-state index in [9.17, 15) is 4.79 Å². The maximum atomic E-state index is 11.2. The number of piperidine rings is 1. The molecule has 2 aliphatic rings. The quantitative estimate of drug-likeness (QED) is 0.397. The van der Waals surface area contributed by atoms with Crippen molar-refractivity contribution in [3.63, 3.8) is 0 Å². The normalized spacial score (nSPS) is 23.5. The molecule has 1 unspecified atom stereocenters. The minimum absolute atomic E-state index is 0.0913. The van der Waals surface area contributed by atoms with Crippen LogP contribution in [0.4, 0.5) is 0 Å². The van der Waals surface area contributed by atoms with E-state index in [1.807, 2.05) is 7.05 Å². The lowest BCUT2D eigenvalue weighted by atomic mass is 9.96. The predicted octanol–water partition coefficient (Wildman–Crippen LogP) is 1.61. The van der Waals surface area contributed by atoms with Crippen LogP contribution in [0.5, 0.6) is 0 Å². The van der Waals surface area contributed by atoms with E-state index in [4.69, 9.17) is 5.73 Å². The van der Waals surface area contributed by atoms with Gasteiger partial charge in [-0.15, -0.1) is 0 Å². The summed E-state index contributed by atoms with van der Waals surface area (Å²) in [5, 5.41) is 4.24. The van der Waals surface area contributed by atoms with Gasteiger partial charge in [0.1, 0.15) is 0 Å². The second-order valence-corrected chi connectivity index (χ2v) is 9.15. The maximum absolute atomic E-state index is 11.2. The van der Waals surface area contributed by atoms with Gasteiger partial charge in [0, 0.05) is 43.6 Å². The number of nitrogens with two attached hydrogens (primary N) is 1. The van der Waals surface area contributed by atoms with Gasteiger partial charge in [0.2, 0.25) is 5.91 Å². The largest absolute Gasteiger partial charge is 0.369 e. The standard InChI is InChI=1S/C19H37N5OS/c1-15(2)17-14-24(12-13-26-17)19(21-3)22-8-4-5-9-23-10-6-16(7-11-23)18(20)25/h15-17H,4-14H2,1-3H3,(H2,20,25)(H,21,22). The van der Waals surface area contributed by atoms with Gasteiger partial charge in [-0.25, -0.2) is 0 Å². The van der Waals surface area contributed by atoms with Crippen molar-refractivity contribution < 1.29 is 4.79 Å². The minimum atomic E-state index is -0.129. The lowest BCUT2D eigenvalue weighted by Crippen LogP contribution is -2.49. The van der Waals surface area contributed by atoms with Crippen molar-refractivity contribution in [1.82, 2.24) is 15.1 Å². The molecule has 0 saturated carbocycles. The first-order valence-corrected chi connectivity index (χ1v) is 11.1. The molecule has 2 rings (SSSR count). The van der Waals surface area contributed by atoms with Crippen LogP contribution < -0.4 is 11.1 Å². The van der Waals surface area contributed by atoms with Gasteiger partial charge in [0.15, 0.2) is 5.96 Å². The molecule has 3 N–H and O–H groups in total.